The average Bonchev–Trinajstić information content (AvgIpc) is 3.21. The third kappa shape index (κ3) is 3.58. The van der Waals surface area contributed by atoms with E-state index >= 15 is 0 Å². The van der Waals surface area contributed by atoms with Crippen molar-refractivity contribution in [1.82, 2.24) is 23.3 Å². The minimum absolute atomic E-state index is 0.0104. The first-order valence-electron chi connectivity index (χ1n) is 8.84. The van der Waals surface area contributed by atoms with Crippen LogP contribution in [0, 0.1) is 20.8 Å². The van der Waals surface area contributed by atoms with E-state index in [-0.39, 0.29) is 12.5 Å². The van der Waals surface area contributed by atoms with Crippen molar-refractivity contribution in [2.75, 3.05) is 39.3 Å². The summed E-state index contributed by atoms with van der Waals surface area (Å²) in [6, 6.07) is 0. The molecule has 1 aromatic heterocycles. The third-order valence-electron chi connectivity index (χ3n) is 5.34. The van der Waals surface area contributed by atoms with Crippen molar-refractivity contribution in [2.45, 2.75) is 40.2 Å². The lowest BCUT2D eigenvalue weighted by molar-refractivity contribution is -0.133. The molecule has 0 radical (unpaired) electrons. The van der Waals surface area contributed by atoms with Crippen LogP contribution in [0.25, 0.3) is 0 Å². The molecule has 3 rings (SSSR count). The van der Waals surface area contributed by atoms with Gasteiger partial charge in [0.05, 0.1) is 5.69 Å². The maximum absolute atomic E-state index is 12.6. The molecule has 2 fully saturated rings. The van der Waals surface area contributed by atoms with Crippen LogP contribution in [0.2, 0.25) is 0 Å². The van der Waals surface area contributed by atoms with Crippen molar-refractivity contribution in [3.8, 4) is 0 Å². The maximum Gasteiger partial charge on any atom is 0.282 e. The van der Waals surface area contributed by atoms with E-state index in [0.29, 0.717) is 39.3 Å². The second kappa shape index (κ2) is 7.05. The topological polar surface area (TPSA) is 78.8 Å². The van der Waals surface area contributed by atoms with Gasteiger partial charge in [-0.25, -0.2) is 0 Å². The van der Waals surface area contributed by atoms with Crippen LogP contribution in [0.5, 0.6) is 0 Å². The van der Waals surface area contributed by atoms with E-state index < -0.39 is 10.2 Å². The van der Waals surface area contributed by atoms with E-state index in [1.54, 1.807) is 13.9 Å². The monoisotopic (exact) mass is 369 g/mol. The van der Waals surface area contributed by atoms with Crippen molar-refractivity contribution in [3.63, 3.8) is 0 Å². The van der Waals surface area contributed by atoms with Gasteiger partial charge in [-0.3, -0.25) is 9.48 Å². The van der Waals surface area contributed by atoms with Gasteiger partial charge in [-0.15, -0.1) is 0 Å². The molecule has 0 atom stereocenters. The number of aromatic nitrogens is 2. The largest absolute Gasteiger partial charge is 0.338 e. The van der Waals surface area contributed by atoms with Gasteiger partial charge < -0.3 is 4.90 Å². The molecule has 0 spiro atoms. The molecule has 0 aliphatic carbocycles. The summed E-state index contributed by atoms with van der Waals surface area (Å²) < 4.78 is 30.0. The number of hydrogen-bond donors (Lipinski definition) is 0. The Hall–Kier alpha value is -1.45. The van der Waals surface area contributed by atoms with Crippen molar-refractivity contribution in [1.29, 1.82) is 0 Å². The molecule has 2 aliphatic heterocycles. The highest BCUT2D eigenvalue weighted by Crippen LogP contribution is 2.18. The second-order valence-corrected chi connectivity index (χ2v) is 8.78. The standard InChI is InChI=1S/C16H27N5O3S/c1-13-14(2)17-21(15(13)3)12-16(22)18-8-10-20(11-9-18)25(23,24)19-6-4-5-7-19/h4-12H2,1-3H3. The van der Waals surface area contributed by atoms with Gasteiger partial charge in [-0.2, -0.15) is 22.1 Å². The number of aryl methyl sites for hydroxylation is 1. The molecule has 0 saturated carbocycles. The van der Waals surface area contributed by atoms with Gasteiger partial charge in [0.1, 0.15) is 6.54 Å². The summed E-state index contributed by atoms with van der Waals surface area (Å²) in [5.41, 5.74) is 3.04. The van der Waals surface area contributed by atoms with Crippen molar-refractivity contribution >= 4 is 16.1 Å². The van der Waals surface area contributed by atoms with Gasteiger partial charge in [0, 0.05) is 45.0 Å². The van der Waals surface area contributed by atoms with Crippen LogP contribution in [-0.4, -0.2) is 76.9 Å². The summed E-state index contributed by atoms with van der Waals surface area (Å²) in [4.78, 5) is 14.3. The number of rotatable bonds is 4. The lowest BCUT2D eigenvalue weighted by Gasteiger charge is -2.35. The second-order valence-electron chi connectivity index (χ2n) is 6.85. The summed E-state index contributed by atoms with van der Waals surface area (Å²) >= 11 is 0. The number of carbonyl (C=O) groups is 1. The predicted octanol–water partition coefficient (Wildman–Crippen LogP) is 0.293. The van der Waals surface area contributed by atoms with Gasteiger partial charge in [0.25, 0.3) is 10.2 Å². The zero-order chi connectivity index (χ0) is 18.2. The highest BCUT2D eigenvalue weighted by atomic mass is 32.2. The molecule has 0 aromatic carbocycles. The molecule has 1 amide bonds. The molecule has 2 saturated heterocycles. The normalized spacial score (nSPS) is 20.4. The smallest absolute Gasteiger partial charge is 0.282 e. The first-order valence-corrected chi connectivity index (χ1v) is 10.2. The fourth-order valence-corrected chi connectivity index (χ4v) is 5.09. The van der Waals surface area contributed by atoms with E-state index in [1.807, 2.05) is 20.8 Å². The number of hydrogen-bond acceptors (Lipinski definition) is 4. The summed E-state index contributed by atoms with van der Waals surface area (Å²) in [6.07, 6.45) is 1.86. The van der Waals surface area contributed by atoms with Crippen molar-refractivity contribution in [3.05, 3.63) is 17.0 Å². The van der Waals surface area contributed by atoms with Crippen molar-refractivity contribution in [2.24, 2.45) is 0 Å². The molecule has 140 valence electrons. The molecular weight excluding hydrogens is 342 g/mol. The van der Waals surface area contributed by atoms with Crippen LogP contribution in [0.4, 0.5) is 0 Å². The molecule has 0 bridgehead atoms. The van der Waals surface area contributed by atoms with Gasteiger partial charge in [-0.05, 0) is 39.2 Å². The fraction of sp³-hybridized carbons (Fsp3) is 0.750. The fourth-order valence-electron chi connectivity index (χ4n) is 3.42. The third-order valence-corrected chi connectivity index (χ3v) is 7.37. The Balaban J connectivity index is 1.58. The summed E-state index contributed by atoms with van der Waals surface area (Å²) in [6.45, 7) is 8.92. The molecule has 25 heavy (non-hydrogen) atoms. The molecule has 2 aliphatic rings. The molecule has 3 heterocycles. The summed E-state index contributed by atoms with van der Waals surface area (Å²) in [5, 5.41) is 4.41. The van der Waals surface area contributed by atoms with Crippen LogP contribution in [0.3, 0.4) is 0 Å². The minimum Gasteiger partial charge on any atom is -0.338 e. The quantitative estimate of drug-likeness (QED) is 0.764. The Bertz CT molecular complexity index is 744. The Morgan fingerprint density at radius 2 is 1.52 bits per heavy atom. The molecule has 8 nitrogen and oxygen atoms in total. The Morgan fingerprint density at radius 1 is 0.960 bits per heavy atom. The minimum atomic E-state index is -3.37. The van der Waals surface area contributed by atoms with E-state index in [0.717, 1.165) is 29.8 Å². The zero-order valence-corrected chi connectivity index (χ0v) is 16.0. The highest BCUT2D eigenvalue weighted by molar-refractivity contribution is 7.86. The van der Waals surface area contributed by atoms with E-state index in [4.69, 9.17) is 0 Å². The van der Waals surface area contributed by atoms with Crippen LogP contribution in [0.1, 0.15) is 29.8 Å². The summed E-state index contributed by atoms with van der Waals surface area (Å²) in [5.74, 6) is -0.0104. The van der Waals surface area contributed by atoms with E-state index in [1.165, 1.54) is 4.31 Å². The van der Waals surface area contributed by atoms with Crippen LogP contribution in [0.15, 0.2) is 0 Å². The van der Waals surface area contributed by atoms with Crippen molar-refractivity contribution < 1.29 is 13.2 Å². The molecule has 9 heteroatoms. The van der Waals surface area contributed by atoms with E-state index in [9.17, 15) is 13.2 Å². The SMILES string of the molecule is Cc1nn(CC(=O)N2CCN(S(=O)(=O)N3CCCC3)CC2)c(C)c1C. The number of amides is 1. The van der Waals surface area contributed by atoms with Gasteiger partial charge in [0.2, 0.25) is 5.91 Å². The lowest BCUT2D eigenvalue weighted by atomic mass is 10.2. The first kappa shape index (κ1) is 18.3. The van der Waals surface area contributed by atoms with Crippen LogP contribution < -0.4 is 0 Å². The zero-order valence-electron chi connectivity index (χ0n) is 15.2. The average molecular weight is 369 g/mol. The van der Waals surface area contributed by atoms with Crippen LogP contribution in [-0.2, 0) is 21.5 Å². The van der Waals surface area contributed by atoms with Gasteiger partial charge >= 0.3 is 0 Å². The number of nitrogens with zero attached hydrogens (tertiary/aromatic N) is 5. The molecule has 0 N–H and O–H groups in total. The predicted molar refractivity (Wildman–Crippen MR) is 94.3 cm³/mol. The molecule has 1 aromatic rings. The number of piperazine rings is 1. The molecule has 0 unspecified atom stereocenters. The summed E-state index contributed by atoms with van der Waals surface area (Å²) in [7, 11) is -3.37. The Labute approximate surface area is 149 Å². The maximum atomic E-state index is 12.6. The van der Waals surface area contributed by atoms with Crippen LogP contribution >= 0.6 is 0 Å². The first-order chi connectivity index (χ1) is 11.8. The Morgan fingerprint density at radius 3 is 2.04 bits per heavy atom. The Kier molecular flexibility index (Phi) is 5.17. The molecular formula is C16H27N5O3S. The highest BCUT2D eigenvalue weighted by Gasteiger charge is 2.34. The lowest BCUT2D eigenvalue weighted by Crippen LogP contribution is -2.54. The van der Waals surface area contributed by atoms with Gasteiger partial charge in [-0.1, -0.05) is 0 Å². The van der Waals surface area contributed by atoms with E-state index in [2.05, 4.69) is 5.10 Å². The van der Waals surface area contributed by atoms with Gasteiger partial charge in [0.15, 0.2) is 0 Å². The number of carbonyl (C=O) groups excluding carboxylic acids is 1.